The summed E-state index contributed by atoms with van der Waals surface area (Å²) in [4.78, 5) is 16.8. The first kappa shape index (κ1) is 14.4. The monoisotopic (exact) mass is 287 g/mol. The van der Waals surface area contributed by atoms with Crippen LogP contribution in [0.5, 0.6) is 0 Å². The van der Waals surface area contributed by atoms with E-state index < -0.39 is 0 Å². The molecule has 4 heteroatoms. The van der Waals surface area contributed by atoms with Crippen LogP contribution in [0.2, 0.25) is 0 Å². The zero-order valence-corrected chi connectivity index (χ0v) is 13.2. The second kappa shape index (κ2) is 5.68. The minimum absolute atomic E-state index is 0.00959. The Morgan fingerprint density at radius 1 is 1.24 bits per heavy atom. The fraction of sp³-hybridized carbons (Fsp3) is 0.588. The first-order valence-corrected chi connectivity index (χ1v) is 7.91. The molecule has 1 aliphatic heterocycles. The number of hydrogen-bond donors (Lipinski definition) is 1. The molecule has 3 rings (SSSR count). The maximum atomic E-state index is 12.7. The van der Waals surface area contributed by atoms with Crippen LogP contribution in [0.15, 0.2) is 18.2 Å². The molecule has 0 radical (unpaired) electrons. The number of piperidine rings is 1. The van der Waals surface area contributed by atoms with Crippen molar-refractivity contribution in [3.63, 3.8) is 0 Å². The third-order valence-corrected chi connectivity index (χ3v) is 4.44. The van der Waals surface area contributed by atoms with Crippen molar-refractivity contribution < 1.29 is 4.79 Å². The Morgan fingerprint density at radius 3 is 2.67 bits per heavy atom. The molecule has 2 aliphatic rings. The molecule has 1 saturated carbocycles. The number of nitrogens with zero attached hydrogens (tertiary/aromatic N) is 2. The van der Waals surface area contributed by atoms with Gasteiger partial charge in [-0.05, 0) is 50.3 Å². The predicted molar refractivity (Wildman–Crippen MR) is 87.0 cm³/mol. The van der Waals surface area contributed by atoms with E-state index in [-0.39, 0.29) is 11.9 Å². The lowest BCUT2D eigenvalue weighted by molar-refractivity contribution is -0.121. The lowest BCUT2D eigenvalue weighted by Gasteiger charge is -2.33. The van der Waals surface area contributed by atoms with Crippen LogP contribution in [0.3, 0.4) is 0 Å². The summed E-state index contributed by atoms with van der Waals surface area (Å²) in [7, 11) is 4.09. The topological polar surface area (TPSA) is 35.6 Å². The van der Waals surface area contributed by atoms with E-state index in [9.17, 15) is 4.79 Å². The third kappa shape index (κ3) is 3.05. The molecule has 1 aromatic carbocycles. The normalized spacial score (nSPS) is 22.5. The number of anilines is 2. The fourth-order valence-electron chi connectivity index (χ4n) is 3.07. The Hall–Kier alpha value is -1.55. The Morgan fingerprint density at radius 2 is 2.00 bits per heavy atom. The van der Waals surface area contributed by atoms with Gasteiger partial charge in [-0.2, -0.15) is 0 Å². The zero-order chi connectivity index (χ0) is 15.0. The molecule has 21 heavy (non-hydrogen) atoms. The minimum Gasteiger partial charge on any atom is -0.377 e. The first-order valence-electron chi connectivity index (χ1n) is 7.91. The van der Waals surface area contributed by atoms with Gasteiger partial charge in [0.15, 0.2) is 0 Å². The van der Waals surface area contributed by atoms with Crippen molar-refractivity contribution in [3.8, 4) is 0 Å². The number of amides is 1. The summed E-state index contributed by atoms with van der Waals surface area (Å²) in [6.45, 7) is 2.94. The largest absolute Gasteiger partial charge is 0.377 e. The Labute approximate surface area is 127 Å². The lowest BCUT2D eigenvalue weighted by Crippen LogP contribution is -2.51. The van der Waals surface area contributed by atoms with Crippen molar-refractivity contribution in [3.05, 3.63) is 23.8 Å². The molecule has 2 fully saturated rings. The van der Waals surface area contributed by atoms with Gasteiger partial charge >= 0.3 is 0 Å². The summed E-state index contributed by atoms with van der Waals surface area (Å²) >= 11 is 0. The summed E-state index contributed by atoms with van der Waals surface area (Å²) in [5.74, 6) is 0.238. The molecule has 1 aliphatic carbocycles. The number of benzene rings is 1. The van der Waals surface area contributed by atoms with E-state index in [4.69, 9.17) is 0 Å². The zero-order valence-electron chi connectivity index (χ0n) is 13.2. The van der Waals surface area contributed by atoms with Crippen molar-refractivity contribution in [2.45, 2.75) is 44.7 Å². The summed E-state index contributed by atoms with van der Waals surface area (Å²) < 4.78 is 0. The van der Waals surface area contributed by atoms with Crippen LogP contribution in [-0.4, -0.2) is 38.6 Å². The maximum absolute atomic E-state index is 12.7. The molecule has 0 aromatic heterocycles. The quantitative estimate of drug-likeness (QED) is 0.923. The van der Waals surface area contributed by atoms with Crippen molar-refractivity contribution in [1.29, 1.82) is 0 Å². The van der Waals surface area contributed by atoms with E-state index >= 15 is 0 Å². The van der Waals surface area contributed by atoms with E-state index in [1.165, 1.54) is 24.1 Å². The molecule has 1 saturated heterocycles. The number of hydrogen-bond acceptors (Lipinski definition) is 3. The van der Waals surface area contributed by atoms with Crippen molar-refractivity contribution in [1.82, 2.24) is 5.32 Å². The van der Waals surface area contributed by atoms with Gasteiger partial charge in [-0.15, -0.1) is 0 Å². The van der Waals surface area contributed by atoms with Gasteiger partial charge in [-0.25, -0.2) is 0 Å². The third-order valence-electron chi connectivity index (χ3n) is 4.44. The van der Waals surface area contributed by atoms with E-state index in [1.54, 1.807) is 0 Å². The molecule has 1 heterocycles. The first-order chi connectivity index (χ1) is 10.1. The Bertz CT molecular complexity index is 537. The lowest BCUT2D eigenvalue weighted by atomic mass is 10.0. The SMILES string of the molecule is Cc1ccc(N2CCCC(NC3CC3)C2=O)cc1N(C)C. The number of aryl methyl sites for hydroxylation is 1. The van der Waals surface area contributed by atoms with Crippen LogP contribution in [0, 0.1) is 6.92 Å². The van der Waals surface area contributed by atoms with Gasteiger partial charge in [-0.1, -0.05) is 6.07 Å². The second-order valence-electron chi connectivity index (χ2n) is 6.49. The molecule has 114 valence electrons. The van der Waals surface area contributed by atoms with Gasteiger partial charge in [0.25, 0.3) is 0 Å². The second-order valence-corrected chi connectivity index (χ2v) is 6.49. The number of carbonyl (C=O) groups is 1. The smallest absolute Gasteiger partial charge is 0.244 e. The molecule has 1 atom stereocenters. The molecule has 1 amide bonds. The van der Waals surface area contributed by atoms with Crippen LogP contribution in [-0.2, 0) is 4.79 Å². The highest BCUT2D eigenvalue weighted by molar-refractivity contribution is 5.98. The van der Waals surface area contributed by atoms with Crippen molar-refractivity contribution >= 4 is 17.3 Å². The van der Waals surface area contributed by atoms with E-state index in [1.807, 2.05) is 19.0 Å². The predicted octanol–water partition coefficient (Wildman–Crippen LogP) is 2.31. The van der Waals surface area contributed by atoms with Gasteiger partial charge < -0.3 is 15.1 Å². The number of rotatable bonds is 4. The molecule has 4 nitrogen and oxygen atoms in total. The van der Waals surface area contributed by atoms with Crippen LogP contribution in [0.4, 0.5) is 11.4 Å². The molecule has 1 aromatic rings. The van der Waals surface area contributed by atoms with Gasteiger partial charge in [0.05, 0.1) is 6.04 Å². The molecule has 1 unspecified atom stereocenters. The number of carbonyl (C=O) groups excluding carboxylic acids is 1. The summed E-state index contributed by atoms with van der Waals surface area (Å²) in [5.41, 5.74) is 3.44. The van der Waals surface area contributed by atoms with Crippen molar-refractivity contribution in [2.24, 2.45) is 0 Å². The molecular formula is C17H25N3O. The van der Waals surface area contributed by atoms with Gasteiger partial charge in [0.1, 0.15) is 0 Å². The minimum atomic E-state index is 0.00959. The van der Waals surface area contributed by atoms with Gasteiger partial charge in [0.2, 0.25) is 5.91 Å². The summed E-state index contributed by atoms with van der Waals surface area (Å²) in [6.07, 6.45) is 4.48. The Kier molecular flexibility index (Phi) is 3.89. The van der Waals surface area contributed by atoms with E-state index in [0.717, 1.165) is 25.1 Å². The maximum Gasteiger partial charge on any atom is 0.244 e. The number of nitrogens with one attached hydrogen (secondary N) is 1. The molecule has 0 bridgehead atoms. The standard InChI is InChI=1S/C17H25N3O/c1-12-6-9-14(11-16(12)19(2)3)20-10-4-5-15(17(20)21)18-13-7-8-13/h6,9,11,13,15,18H,4-5,7-8,10H2,1-3H3. The average molecular weight is 287 g/mol. The highest BCUT2D eigenvalue weighted by atomic mass is 16.2. The van der Waals surface area contributed by atoms with E-state index in [0.29, 0.717) is 6.04 Å². The fourth-order valence-corrected chi connectivity index (χ4v) is 3.07. The highest BCUT2D eigenvalue weighted by Crippen LogP contribution is 2.29. The van der Waals surface area contributed by atoms with Crippen LogP contribution < -0.4 is 15.1 Å². The molecule has 0 spiro atoms. The van der Waals surface area contributed by atoms with Gasteiger partial charge in [-0.3, -0.25) is 4.79 Å². The molecular weight excluding hydrogens is 262 g/mol. The molecule has 1 N–H and O–H groups in total. The average Bonchev–Trinajstić information content (AvgIpc) is 3.26. The van der Waals surface area contributed by atoms with Crippen LogP contribution in [0.25, 0.3) is 0 Å². The highest BCUT2D eigenvalue weighted by Gasteiger charge is 2.34. The van der Waals surface area contributed by atoms with Crippen molar-refractivity contribution in [2.75, 3.05) is 30.4 Å². The van der Waals surface area contributed by atoms with Gasteiger partial charge in [0, 0.05) is 38.1 Å². The summed E-state index contributed by atoms with van der Waals surface area (Å²) in [5, 5.41) is 3.49. The van der Waals surface area contributed by atoms with Crippen LogP contribution in [0.1, 0.15) is 31.2 Å². The Balaban J connectivity index is 1.81. The van der Waals surface area contributed by atoms with E-state index in [2.05, 4.69) is 35.3 Å². The van der Waals surface area contributed by atoms with Crippen LogP contribution >= 0.6 is 0 Å². The summed E-state index contributed by atoms with van der Waals surface area (Å²) in [6, 6.07) is 6.90.